The van der Waals surface area contributed by atoms with Gasteiger partial charge in [-0.05, 0) is 30.9 Å². The average Bonchev–Trinajstić information content (AvgIpc) is 2.74. The second kappa shape index (κ2) is 3.87. The third-order valence-electron chi connectivity index (χ3n) is 2.02. The molecule has 0 aromatic carbocycles. The average molecular weight is 184 g/mol. The summed E-state index contributed by atoms with van der Waals surface area (Å²) in [6.07, 6.45) is 4.27. The summed E-state index contributed by atoms with van der Waals surface area (Å²) < 4.78 is 9.48. The molecular weight excluding hydrogens is 172 g/mol. The molecule has 66 valence electrons. The zero-order valence-corrected chi connectivity index (χ0v) is 7.64. The summed E-state index contributed by atoms with van der Waals surface area (Å²) >= 11 is 1.43. The summed E-state index contributed by atoms with van der Waals surface area (Å²) in [4.78, 5) is 0. The van der Waals surface area contributed by atoms with Crippen molar-refractivity contribution < 1.29 is 4.74 Å². The van der Waals surface area contributed by atoms with Gasteiger partial charge in [-0.15, -0.1) is 0 Å². The van der Waals surface area contributed by atoms with E-state index in [1.54, 1.807) is 6.20 Å². The maximum absolute atomic E-state index is 5.52. The molecule has 1 atom stereocenters. The van der Waals surface area contributed by atoms with E-state index in [9.17, 15) is 0 Å². The second-order valence-corrected chi connectivity index (χ2v) is 3.62. The third kappa shape index (κ3) is 1.95. The SMILES string of the molecule is c1nscc1OCC1CCCN1. The van der Waals surface area contributed by atoms with Crippen LogP contribution in [0.15, 0.2) is 11.6 Å². The molecule has 2 heterocycles. The van der Waals surface area contributed by atoms with E-state index in [0.29, 0.717) is 6.04 Å². The Labute approximate surface area is 75.9 Å². The van der Waals surface area contributed by atoms with Crippen molar-refractivity contribution in [2.75, 3.05) is 13.2 Å². The monoisotopic (exact) mass is 184 g/mol. The Morgan fingerprint density at radius 3 is 3.42 bits per heavy atom. The van der Waals surface area contributed by atoms with E-state index in [1.165, 1.54) is 24.4 Å². The van der Waals surface area contributed by atoms with Gasteiger partial charge in [0.15, 0.2) is 0 Å². The predicted molar refractivity (Wildman–Crippen MR) is 48.6 cm³/mol. The molecule has 0 amide bonds. The van der Waals surface area contributed by atoms with Gasteiger partial charge in [0.1, 0.15) is 12.4 Å². The van der Waals surface area contributed by atoms with Gasteiger partial charge in [-0.25, -0.2) is 0 Å². The largest absolute Gasteiger partial charge is 0.489 e. The van der Waals surface area contributed by atoms with Crippen molar-refractivity contribution in [2.24, 2.45) is 0 Å². The van der Waals surface area contributed by atoms with Crippen molar-refractivity contribution >= 4 is 11.5 Å². The maximum atomic E-state index is 5.52. The molecule has 1 aliphatic rings. The van der Waals surface area contributed by atoms with Gasteiger partial charge < -0.3 is 10.1 Å². The molecule has 0 radical (unpaired) electrons. The Kier molecular flexibility index (Phi) is 2.58. The number of hydrogen-bond acceptors (Lipinski definition) is 4. The summed E-state index contributed by atoms with van der Waals surface area (Å²) in [5, 5.41) is 5.30. The van der Waals surface area contributed by atoms with Gasteiger partial charge in [-0.3, -0.25) is 0 Å². The lowest BCUT2D eigenvalue weighted by Gasteiger charge is -2.09. The van der Waals surface area contributed by atoms with Crippen molar-refractivity contribution in [3.63, 3.8) is 0 Å². The molecule has 1 unspecified atom stereocenters. The highest BCUT2D eigenvalue weighted by atomic mass is 32.1. The molecular formula is C8H12N2OS. The maximum Gasteiger partial charge on any atom is 0.150 e. The molecule has 1 N–H and O–H groups in total. The van der Waals surface area contributed by atoms with E-state index in [4.69, 9.17) is 4.74 Å². The number of hydrogen-bond donors (Lipinski definition) is 1. The first-order valence-electron chi connectivity index (χ1n) is 4.21. The van der Waals surface area contributed by atoms with Crippen LogP contribution in [0.1, 0.15) is 12.8 Å². The quantitative estimate of drug-likeness (QED) is 0.768. The molecule has 0 aliphatic carbocycles. The van der Waals surface area contributed by atoms with Crippen LogP contribution < -0.4 is 10.1 Å². The van der Waals surface area contributed by atoms with Crippen molar-refractivity contribution in [1.29, 1.82) is 0 Å². The highest BCUT2D eigenvalue weighted by Crippen LogP contribution is 2.13. The van der Waals surface area contributed by atoms with Crippen LogP contribution in [0.4, 0.5) is 0 Å². The van der Waals surface area contributed by atoms with Crippen molar-refractivity contribution in [2.45, 2.75) is 18.9 Å². The summed E-state index contributed by atoms with van der Waals surface area (Å²) in [6, 6.07) is 0.546. The zero-order chi connectivity index (χ0) is 8.23. The minimum atomic E-state index is 0.546. The summed E-state index contributed by atoms with van der Waals surface area (Å²) in [5.41, 5.74) is 0. The molecule has 0 spiro atoms. The smallest absolute Gasteiger partial charge is 0.150 e. The van der Waals surface area contributed by atoms with Gasteiger partial charge in [-0.1, -0.05) is 0 Å². The summed E-state index contributed by atoms with van der Waals surface area (Å²) in [5.74, 6) is 0.897. The zero-order valence-electron chi connectivity index (χ0n) is 6.82. The lowest BCUT2D eigenvalue weighted by atomic mass is 10.2. The first-order valence-corrected chi connectivity index (χ1v) is 5.04. The van der Waals surface area contributed by atoms with E-state index in [1.807, 2.05) is 5.38 Å². The molecule has 4 heteroatoms. The van der Waals surface area contributed by atoms with Crippen molar-refractivity contribution in [3.8, 4) is 5.75 Å². The fourth-order valence-electron chi connectivity index (χ4n) is 1.36. The third-order valence-corrected chi connectivity index (χ3v) is 2.59. The first kappa shape index (κ1) is 8.01. The Balaban J connectivity index is 1.74. The van der Waals surface area contributed by atoms with Crippen LogP contribution in [0.2, 0.25) is 0 Å². The molecule has 0 saturated carbocycles. The van der Waals surface area contributed by atoms with Gasteiger partial charge >= 0.3 is 0 Å². The molecule has 1 aromatic heterocycles. The molecule has 1 saturated heterocycles. The highest BCUT2D eigenvalue weighted by Gasteiger charge is 2.14. The van der Waals surface area contributed by atoms with E-state index >= 15 is 0 Å². The van der Waals surface area contributed by atoms with Crippen LogP contribution in [0.5, 0.6) is 5.75 Å². The van der Waals surface area contributed by atoms with Gasteiger partial charge in [0.2, 0.25) is 0 Å². The second-order valence-electron chi connectivity index (χ2n) is 2.96. The number of nitrogens with zero attached hydrogens (tertiary/aromatic N) is 1. The van der Waals surface area contributed by atoms with Crippen LogP contribution in [0.25, 0.3) is 0 Å². The molecule has 0 bridgehead atoms. The number of rotatable bonds is 3. The fraction of sp³-hybridized carbons (Fsp3) is 0.625. The number of nitrogens with one attached hydrogen (secondary N) is 1. The van der Waals surface area contributed by atoms with Crippen LogP contribution >= 0.6 is 11.5 Å². The highest BCUT2D eigenvalue weighted by molar-refractivity contribution is 7.03. The van der Waals surface area contributed by atoms with Gasteiger partial charge in [-0.2, -0.15) is 4.37 Å². The Morgan fingerprint density at radius 2 is 2.75 bits per heavy atom. The summed E-state index contributed by atoms with van der Waals surface area (Å²) in [6.45, 7) is 1.91. The topological polar surface area (TPSA) is 34.1 Å². The van der Waals surface area contributed by atoms with E-state index < -0.39 is 0 Å². The minimum Gasteiger partial charge on any atom is -0.489 e. The summed E-state index contributed by atoms with van der Waals surface area (Å²) in [7, 11) is 0. The standard InChI is InChI=1S/C8H12N2OS/c1-2-7(9-3-1)5-11-8-4-10-12-6-8/h4,6-7,9H,1-3,5H2. The molecule has 1 fully saturated rings. The molecule has 2 rings (SSSR count). The number of ether oxygens (including phenoxy) is 1. The first-order chi connectivity index (χ1) is 5.95. The Bertz CT molecular complexity index is 219. The van der Waals surface area contributed by atoms with Crippen LogP contribution in [0, 0.1) is 0 Å². The molecule has 1 aromatic rings. The van der Waals surface area contributed by atoms with Gasteiger partial charge in [0.25, 0.3) is 0 Å². The van der Waals surface area contributed by atoms with Crippen molar-refractivity contribution in [1.82, 2.24) is 9.69 Å². The van der Waals surface area contributed by atoms with Crippen LogP contribution in [-0.4, -0.2) is 23.6 Å². The lowest BCUT2D eigenvalue weighted by Crippen LogP contribution is -2.28. The van der Waals surface area contributed by atoms with Crippen LogP contribution in [-0.2, 0) is 0 Å². The number of aromatic nitrogens is 1. The van der Waals surface area contributed by atoms with Gasteiger partial charge in [0.05, 0.1) is 11.6 Å². The molecule has 1 aliphatic heterocycles. The molecule has 12 heavy (non-hydrogen) atoms. The van der Waals surface area contributed by atoms with E-state index in [2.05, 4.69) is 9.69 Å². The Hall–Kier alpha value is -0.610. The van der Waals surface area contributed by atoms with E-state index in [-0.39, 0.29) is 0 Å². The van der Waals surface area contributed by atoms with Crippen molar-refractivity contribution in [3.05, 3.63) is 11.6 Å². The predicted octanol–water partition coefficient (Wildman–Crippen LogP) is 1.27. The van der Waals surface area contributed by atoms with Crippen LogP contribution in [0.3, 0.4) is 0 Å². The lowest BCUT2D eigenvalue weighted by molar-refractivity contribution is 0.278. The Morgan fingerprint density at radius 1 is 1.75 bits per heavy atom. The van der Waals surface area contributed by atoms with Gasteiger partial charge in [0, 0.05) is 6.04 Å². The van der Waals surface area contributed by atoms with E-state index in [0.717, 1.165) is 18.9 Å². The minimum absolute atomic E-state index is 0.546. The normalized spacial score (nSPS) is 22.8. The molecule has 3 nitrogen and oxygen atoms in total. The fourth-order valence-corrected chi connectivity index (χ4v) is 1.82.